The average Bonchev–Trinajstić information content (AvgIpc) is 3.11. The lowest BCUT2D eigenvalue weighted by Gasteiger charge is -2.29. The zero-order valence-corrected chi connectivity index (χ0v) is 14.7. The van der Waals surface area contributed by atoms with E-state index in [0.717, 1.165) is 25.7 Å². The van der Waals surface area contributed by atoms with Crippen molar-refractivity contribution in [2.75, 3.05) is 0 Å². The van der Waals surface area contributed by atoms with Crippen LogP contribution in [0.4, 0.5) is 17.6 Å². The summed E-state index contributed by atoms with van der Waals surface area (Å²) in [5.41, 5.74) is 0. The van der Waals surface area contributed by atoms with Gasteiger partial charge in [0.1, 0.15) is 12.4 Å². The molecule has 1 heterocycles. The van der Waals surface area contributed by atoms with Gasteiger partial charge in [-0.05, 0) is 30.9 Å². The lowest BCUT2D eigenvalue weighted by Crippen LogP contribution is -2.40. The van der Waals surface area contributed by atoms with Crippen molar-refractivity contribution in [1.82, 2.24) is 5.32 Å². The number of hydrogen-bond acceptors (Lipinski definition) is 3. The van der Waals surface area contributed by atoms with Crippen LogP contribution < -0.4 is 10.1 Å². The van der Waals surface area contributed by atoms with E-state index in [1.807, 2.05) is 0 Å². The van der Waals surface area contributed by atoms with Gasteiger partial charge >= 0.3 is 0 Å². The van der Waals surface area contributed by atoms with E-state index in [1.165, 1.54) is 12.1 Å². The second-order valence-corrected chi connectivity index (χ2v) is 6.69. The molecule has 1 aromatic carbocycles. The number of rotatable bonds is 5. The Bertz CT molecular complexity index is 810. The molecule has 27 heavy (non-hydrogen) atoms. The molecule has 0 aliphatic heterocycles. The zero-order chi connectivity index (χ0) is 19.6. The summed E-state index contributed by atoms with van der Waals surface area (Å²) >= 11 is 0. The summed E-state index contributed by atoms with van der Waals surface area (Å²) in [7, 11) is 0. The van der Waals surface area contributed by atoms with Gasteiger partial charge in [-0.3, -0.25) is 4.79 Å². The van der Waals surface area contributed by atoms with Crippen LogP contribution in [0.5, 0.6) is 5.75 Å². The van der Waals surface area contributed by atoms with E-state index in [4.69, 9.17) is 9.15 Å². The number of hydrogen-bond donors (Lipinski definition) is 1. The highest BCUT2D eigenvalue weighted by atomic mass is 19.2. The normalized spacial score (nSPS) is 19.7. The molecule has 1 aromatic heterocycles. The third-order valence-electron chi connectivity index (χ3n) is 4.74. The molecule has 0 bridgehead atoms. The quantitative estimate of drug-likeness (QED) is 0.598. The van der Waals surface area contributed by atoms with Crippen LogP contribution in [0.15, 0.2) is 22.6 Å². The molecule has 2 atom stereocenters. The monoisotopic (exact) mass is 385 g/mol. The SMILES string of the molecule is C[C@H]1CCCC[C@@H]1NC(=O)c1ccc(COc2c(F)c(F)cc(F)c2F)o1. The number of ether oxygens (including phenoxy) is 1. The minimum atomic E-state index is -1.63. The number of amides is 1. The maximum absolute atomic E-state index is 13.6. The summed E-state index contributed by atoms with van der Waals surface area (Å²) in [4.78, 5) is 12.3. The van der Waals surface area contributed by atoms with Crippen molar-refractivity contribution in [3.63, 3.8) is 0 Å². The van der Waals surface area contributed by atoms with Gasteiger partial charge in [0.15, 0.2) is 23.1 Å². The van der Waals surface area contributed by atoms with Crippen molar-refractivity contribution >= 4 is 5.91 Å². The highest BCUT2D eigenvalue weighted by molar-refractivity contribution is 5.91. The van der Waals surface area contributed by atoms with E-state index < -0.39 is 41.5 Å². The summed E-state index contributed by atoms with van der Waals surface area (Å²) in [6, 6.07) is 2.96. The Morgan fingerprint density at radius 1 is 1.15 bits per heavy atom. The number of furan rings is 1. The lowest BCUT2D eigenvalue weighted by atomic mass is 9.86. The minimum absolute atomic E-state index is 0.0257. The van der Waals surface area contributed by atoms with Crippen LogP contribution in [0.25, 0.3) is 0 Å². The van der Waals surface area contributed by atoms with Crippen molar-refractivity contribution < 1.29 is 31.5 Å². The van der Waals surface area contributed by atoms with Crippen LogP contribution in [0.2, 0.25) is 0 Å². The highest BCUT2D eigenvalue weighted by Gasteiger charge is 2.25. The van der Waals surface area contributed by atoms with Gasteiger partial charge in [0.25, 0.3) is 5.91 Å². The Morgan fingerprint density at radius 3 is 2.48 bits per heavy atom. The molecule has 1 aliphatic carbocycles. The largest absolute Gasteiger partial charge is 0.479 e. The van der Waals surface area contributed by atoms with Crippen molar-refractivity contribution in [2.24, 2.45) is 5.92 Å². The topological polar surface area (TPSA) is 51.5 Å². The molecule has 8 heteroatoms. The fraction of sp³-hybridized carbons (Fsp3) is 0.421. The number of halogens is 4. The van der Waals surface area contributed by atoms with E-state index in [2.05, 4.69) is 12.2 Å². The Balaban J connectivity index is 1.64. The van der Waals surface area contributed by atoms with Crippen LogP contribution in [0.1, 0.15) is 48.9 Å². The van der Waals surface area contributed by atoms with Crippen molar-refractivity contribution in [2.45, 2.75) is 45.3 Å². The molecule has 3 rings (SSSR count). The van der Waals surface area contributed by atoms with E-state index in [9.17, 15) is 22.4 Å². The summed E-state index contributed by atoms with van der Waals surface area (Å²) in [5, 5.41) is 2.91. The molecule has 1 fully saturated rings. The minimum Gasteiger partial charge on any atom is -0.479 e. The van der Waals surface area contributed by atoms with Gasteiger partial charge in [-0.15, -0.1) is 0 Å². The standard InChI is InChI=1S/C19H19F4NO3/c1-10-4-2-3-5-14(10)24-19(25)15-7-6-11(27-15)9-26-18-16(22)12(20)8-13(21)17(18)23/h6-8,10,14H,2-5,9H2,1H3,(H,24,25)/t10-,14-/m0/s1. The fourth-order valence-corrected chi connectivity index (χ4v) is 3.17. The number of benzene rings is 1. The van der Waals surface area contributed by atoms with E-state index in [-0.39, 0.29) is 23.6 Å². The molecule has 1 aliphatic rings. The first-order valence-corrected chi connectivity index (χ1v) is 8.72. The third-order valence-corrected chi connectivity index (χ3v) is 4.74. The molecule has 0 unspecified atom stereocenters. The molecule has 0 spiro atoms. The number of carbonyl (C=O) groups is 1. The Kier molecular flexibility index (Phi) is 5.72. The van der Waals surface area contributed by atoms with Gasteiger partial charge in [0, 0.05) is 12.1 Å². The molecule has 1 amide bonds. The molecule has 0 radical (unpaired) electrons. The van der Waals surface area contributed by atoms with Crippen molar-refractivity contribution in [3.8, 4) is 5.75 Å². The Hall–Kier alpha value is -2.51. The van der Waals surface area contributed by atoms with Gasteiger partial charge in [-0.25, -0.2) is 8.78 Å². The van der Waals surface area contributed by atoms with Crippen molar-refractivity contribution in [1.29, 1.82) is 0 Å². The second kappa shape index (κ2) is 8.02. The molecule has 1 N–H and O–H groups in total. The maximum Gasteiger partial charge on any atom is 0.287 e. The van der Waals surface area contributed by atoms with Crippen LogP contribution in [-0.4, -0.2) is 11.9 Å². The van der Waals surface area contributed by atoms with E-state index in [1.54, 1.807) is 0 Å². The molecule has 2 aromatic rings. The van der Waals surface area contributed by atoms with Gasteiger partial charge < -0.3 is 14.5 Å². The molecule has 0 saturated heterocycles. The van der Waals surface area contributed by atoms with Crippen LogP contribution in [0.3, 0.4) is 0 Å². The first-order chi connectivity index (χ1) is 12.9. The maximum atomic E-state index is 13.6. The Labute approximate surface area is 153 Å². The lowest BCUT2D eigenvalue weighted by molar-refractivity contribution is 0.0877. The van der Waals surface area contributed by atoms with E-state index in [0.29, 0.717) is 5.92 Å². The predicted octanol–water partition coefficient (Wildman–Crippen LogP) is 4.72. The average molecular weight is 385 g/mol. The molecule has 1 saturated carbocycles. The first kappa shape index (κ1) is 19.3. The number of carbonyl (C=O) groups excluding carboxylic acids is 1. The van der Waals surface area contributed by atoms with Crippen LogP contribution >= 0.6 is 0 Å². The molecule has 4 nitrogen and oxygen atoms in total. The summed E-state index contributed by atoms with van der Waals surface area (Å²) in [5.74, 6) is -7.49. The van der Waals surface area contributed by atoms with Crippen LogP contribution in [-0.2, 0) is 6.61 Å². The van der Waals surface area contributed by atoms with Gasteiger partial charge in [0.05, 0.1) is 0 Å². The summed E-state index contributed by atoms with van der Waals surface area (Å²) in [6.07, 6.45) is 4.13. The van der Waals surface area contributed by atoms with Crippen molar-refractivity contribution in [3.05, 3.63) is 53.0 Å². The van der Waals surface area contributed by atoms with Gasteiger partial charge in [-0.1, -0.05) is 19.8 Å². The second-order valence-electron chi connectivity index (χ2n) is 6.69. The molecular weight excluding hydrogens is 366 g/mol. The third kappa shape index (κ3) is 4.26. The fourth-order valence-electron chi connectivity index (χ4n) is 3.17. The summed E-state index contributed by atoms with van der Waals surface area (Å²) < 4.78 is 63.6. The number of nitrogens with one attached hydrogen (secondary N) is 1. The predicted molar refractivity (Wildman–Crippen MR) is 88.2 cm³/mol. The Morgan fingerprint density at radius 2 is 1.81 bits per heavy atom. The molecule has 146 valence electrons. The van der Waals surface area contributed by atoms with Gasteiger partial charge in [0.2, 0.25) is 11.6 Å². The van der Waals surface area contributed by atoms with Crippen LogP contribution in [0, 0.1) is 29.2 Å². The smallest absolute Gasteiger partial charge is 0.287 e. The highest BCUT2D eigenvalue weighted by Crippen LogP contribution is 2.28. The van der Waals surface area contributed by atoms with Gasteiger partial charge in [-0.2, -0.15) is 8.78 Å². The zero-order valence-electron chi connectivity index (χ0n) is 14.7. The first-order valence-electron chi connectivity index (χ1n) is 8.72. The van der Waals surface area contributed by atoms with E-state index >= 15 is 0 Å². The molecular formula is C19H19F4NO3. The summed E-state index contributed by atoms with van der Waals surface area (Å²) in [6.45, 7) is 1.58.